The Labute approximate surface area is 395 Å². The van der Waals surface area contributed by atoms with E-state index in [9.17, 15) is 84.3 Å². The third kappa shape index (κ3) is 15.2. The third-order valence-corrected chi connectivity index (χ3v) is 15.2. The van der Waals surface area contributed by atoms with Gasteiger partial charge in [-0.3, -0.25) is 32.4 Å². The number of amides is 2. The van der Waals surface area contributed by atoms with Gasteiger partial charge in [-0.15, -0.1) is 0 Å². The number of fused-ring (bicyclic) bond motifs is 2. The Bertz CT molecular complexity index is 2980. The van der Waals surface area contributed by atoms with Crippen LogP contribution in [0.3, 0.4) is 0 Å². The number of nitrogens with one attached hydrogen (secondary N) is 2. The van der Waals surface area contributed by atoms with Gasteiger partial charge >= 0.3 is 5.97 Å². The standard InChI is InChI=1S/C40H54N4O19S5/c1-39(2)32(43(18-9-21-65(52,53)54)30-12-7-11-28(34(30)39)38(47)48)13-5-4-6-14-33-40(3,15-8-20-64(49,50)51)35-29(37(46)42-17-24-68(61,62)63)25-27(36(45)41-16-23-67(58,59)60)26-31(35)44(33)19-10-22-66(55,56)57/h6-7,11-14,25-26H,4-5,8-10,15-24H2,1-3H3,(H7-,41,42,45,46,47,48,49,50,51,52,53,54,55,56,57,58,59,60,61,62,63)/p+1/b14-6+,32-13+. The van der Waals surface area contributed by atoms with Crippen molar-refractivity contribution in [2.75, 3.05) is 59.8 Å². The molecule has 23 nitrogen and oxygen atoms in total. The van der Waals surface area contributed by atoms with Crippen LogP contribution in [0.15, 0.2) is 54.3 Å². The van der Waals surface area contributed by atoms with E-state index < -0.39 is 121 Å². The SMILES string of the molecule is CC1(CCCS(=O)(=O)O)C(/C=C/CC/C=C2/N(CCCS(=O)(=O)O)c3cccc(C(=O)O)c3C2(C)C)=[N+](CCCS(=O)(=O)O)c2cc(C(=O)NCCS(=O)(=O)O)cc(C(=O)NCCS(=O)(=O)O)c21. The number of carbonyl (C=O) groups is 3. The molecule has 2 aromatic rings. The maximum absolute atomic E-state index is 14.0. The Hall–Kier alpha value is -4.65. The first-order chi connectivity index (χ1) is 31.2. The number of anilines is 1. The molecule has 8 N–H and O–H groups in total. The summed E-state index contributed by atoms with van der Waals surface area (Å²) in [6, 6.07) is 7.08. The van der Waals surface area contributed by atoms with Gasteiger partial charge in [-0.25, -0.2) is 4.79 Å². The van der Waals surface area contributed by atoms with Crippen LogP contribution in [0.5, 0.6) is 0 Å². The van der Waals surface area contributed by atoms with Gasteiger partial charge in [-0.05, 0) is 57.2 Å². The number of carboxylic acid groups (broad SMARTS) is 1. The molecule has 0 fully saturated rings. The number of hydrogen-bond acceptors (Lipinski definition) is 14. The predicted octanol–water partition coefficient (Wildman–Crippen LogP) is 2.22. The number of benzene rings is 2. The van der Waals surface area contributed by atoms with Crippen molar-refractivity contribution in [2.45, 2.75) is 70.1 Å². The molecule has 2 amide bonds. The topological polar surface area (TPSA) is 374 Å². The van der Waals surface area contributed by atoms with Gasteiger partial charge in [0.05, 0.1) is 50.9 Å². The highest BCUT2D eigenvalue weighted by atomic mass is 32.2. The number of hydrogen-bond donors (Lipinski definition) is 8. The van der Waals surface area contributed by atoms with Crippen molar-refractivity contribution < 1.29 is 88.9 Å². The van der Waals surface area contributed by atoms with Crippen LogP contribution in [-0.2, 0) is 61.4 Å². The second kappa shape index (κ2) is 21.6. The highest BCUT2D eigenvalue weighted by Crippen LogP contribution is 2.50. The average Bonchev–Trinajstić information content (AvgIpc) is 3.54. The lowest BCUT2D eigenvalue weighted by molar-refractivity contribution is -0.437. The number of carboxylic acids is 1. The van der Waals surface area contributed by atoms with Gasteiger partial charge in [0.25, 0.3) is 62.4 Å². The first kappa shape index (κ1) is 55.9. The molecule has 2 aliphatic rings. The fourth-order valence-corrected chi connectivity index (χ4v) is 10.8. The lowest BCUT2D eigenvalue weighted by Gasteiger charge is -2.27. The Morgan fingerprint density at radius 2 is 1.22 bits per heavy atom. The summed E-state index contributed by atoms with van der Waals surface area (Å²) in [4.78, 5) is 41.7. The fraction of sp³-hybridized carbons (Fsp3) is 0.500. The fourth-order valence-electron chi connectivity index (χ4n) is 8.57. The molecule has 4 rings (SSSR count). The summed E-state index contributed by atoms with van der Waals surface area (Å²) in [5, 5.41) is 14.7. The number of aromatic carboxylic acids is 1. The summed E-state index contributed by atoms with van der Waals surface area (Å²) in [5.74, 6) is -7.01. The van der Waals surface area contributed by atoms with Gasteiger partial charge in [0, 0.05) is 66.1 Å². The summed E-state index contributed by atoms with van der Waals surface area (Å²) in [6.07, 6.45) is 4.96. The van der Waals surface area contributed by atoms with Gasteiger partial charge in [-0.2, -0.15) is 46.7 Å². The third-order valence-electron chi connectivity index (χ3n) is 11.3. The lowest BCUT2D eigenvalue weighted by Crippen LogP contribution is -2.36. The van der Waals surface area contributed by atoms with E-state index in [-0.39, 0.29) is 79.6 Å². The second-order valence-electron chi connectivity index (χ2n) is 16.9. The number of carbonyl (C=O) groups excluding carboxylic acids is 2. The Morgan fingerprint density at radius 1 is 0.676 bits per heavy atom. The van der Waals surface area contributed by atoms with E-state index in [2.05, 4.69) is 10.6 Å². The molecule has 1 unspecified atom stereocenters. The van der Waals surface area contributed by atoms with Gasteiger partial charge in [-0.1, -0.05) is 32.1 Å². The zero-order valence-corrected chi connectivity index (χ0v) is 41.2. The largest absolute Gasteiger partial charge is 0.478 e. The van der Waals surface area contributed by atoms with Crippen LogP contribution in [0.1, 0.15) is 101 Å². The van der Waals surface area contributed by atoms with E-state index in [1.165, 1.54) is 16.7 Å². The molecule has 2 aromatic carbocycles. The Balaban J connectivity index is 1.89. The predicted molar refractivity (Wildman–Crippen MR) is 249 cm³/mol. The van der Waals surface area contributed by atoms with Gasteiger partial charge in [0.15, 0.2) is 5.71 Å². The zero-order chi connectivity index (χ0) is 51.3. The number of unbranched alkanes of at least 4 members (excludes halogenated alkanes) is 1. The Kier molecular flexibility index (Phi) is 17.7. The van der Waals surface area contributed by atoms with E-state index >= 15 is 0 Å². The maximum Gasteiger partial charge on any atom is 0.336 e. The molecule has 378 valence electrons. The van der Waals surface area contributed by atoms with Crippen LogP contribution in [-0.4, -0.2) is 153 Å². The highest BCUT2D eigenvalue weighted by Gasteiger charge is 2.50. The molecule has 2 heterocycles. The van der Waals surface area contributed by atoms with Crippen LogP contribution in [0.4, 0.5) is 11.4 Å². The molecule has 28 heteroatoms. The minimum atomic E-state index is -4.59. The van der Waals surface area contributed by atoms with E-state index in [0.29, 0.717) is 22.7 Å². The molecule has 0 saturated heterocycles. The van der Waals surface area contributed by atoms with Crippen molar-refractivity contribution in [3.05, 3.63) is 82.1 Å². The van der Waals surface area contributed by atoms with Crippen LogP contribution in [0.25, 0.3) is 0 Å². The van der Waals surface area contributed by atoms with Crippen molar-refractivity contribution in [1.82, 2.24) is 10.6 Å². The first-order valence-electron chi connectivity index (χ1n) is 20.8. The summed E-state index contributed by atoms with van der Waals surface area (Å²) in [7, 11) is -22.5. The smallest absolute Gasteiger partial charge is 0.336 e. The van der Waals surface area contributed by atoms with Crippen LogP contribution >= 0.6 is 0 Å². The molecule has 0 radical (unpaired) electrons. The van der Waals surface area contributed by atoms with Gasteiger partial charge in [0.2, 0.25) is 5.69 Å². The molecular formula is C40H55N4O19S5+. The number of rotatable bonds is 25. The number of nitrogens with zero attached hydrogens (tertiary/aromatic N) is 2. The number of allylic oxidation sites excluding steroid dienone is 4. The minimum absolute atomic E-state index is 0.0140. The molecule has 0 aromatic heterocycles. The molecule has 68 heavy (non-hydrogen) atoms. The van der Waals surface area contributed by atoms with E-state index in [1.807, 2.05) is 6.08 Å². The first-order valence-corrected chi connectivity index (χ1v) is 28.9. The van der Waals surface area contributed by atoms with E-state index in [1.54, 1.807) is 50.0 Å². The monoisotopic (exact) mass is 1060 g/mol. The second-order valence-corrected chi connectivity index (χ2v) is 24.8. The van der Waals surface area contributed by atoms with Crippen molar-refractivity contribution >= 4 is 85.5 Å². The quantitative estimate of drug-likeness (QED) is 0.0401. The molecule has 0 bridgehead atoms. The summed E-state index contributed by atoms with van der Waals surface area (Å²) < 4.78 is 166. The summed E-state index contributed by atoms with van der Waals surface area (Å²) in [5.41, 5.74) is -0.746. The normalized spacial score (nSPS) is 18.0. The van der Waals surface area contributed by atoms with E-state index in [0.717, 1.165) is 6.07 Å². The molecule has 0 spiro atoms. The van der Waals surface area contributed by atoms with Crippen molar-refractivity contribution in [2.24, 2.45) is 0 Å². The van der Waals surface area contributed by atoms with Crippen molar-refractivity contribution in [1.29, 1.82) is 0 Å². The molecule has 2 aliphatic heterocycles. The van der Waals surface area contributed by atoms with Crippen LogP contribution in [0.2, 0.25) is 0 Å². The van der Waals surface area contributed by atoms with Crippen LogP contribution in [0, 0.1) is 0 Å². The van der Waals surface area contributed by atoms with Gasteiger partial charge in [0.1, 0.15) is 6.54 Å². The molecule has 1 atom stereocenters. The van der Waals surface area contributed by atoms with E-state index in [4.69, 9.17) is 0 Å². The molecular weight excluding hydrogens is 1000 g/mol. The minimum Gasteiger partial charge on any atom is -0.478 e. The summed E-state index contributed by atoms with van der Waals surface area (Å²) >= 11 is 0. The highest BCUT2D eigenvalue weighted by molar-refractivity contribution is 7.86. The van der Waals surface area contributed by atoms with Gasteiger partial charge < -0.3 is 20.6 Å². The zero-order valence-electron chi connectivity index (χ0n) is 37.2. The molecule has 0 saturated carbocycles. The Morgan fingerprint density at radius 3 is 1.78 bits per heavy atom. The summed E-state index contributed by atoms with van der Waals surface area (Å²) in [6.45, 7) is 3.86. The average molecular weight is 1060 g/mol. The maximum atomic E-state index is 14.0. The van der Waals surface area contributed by atoms with Crippen LogP contribution < -0.4 is 15.5 Å². The van der Waals surface area contributed by atoms with Crippen molar-refractivity contribution in [3.8, 4) is 0 Å². The lowest BCUT2D eigenvalue weighted by atomic mass is 9.73. The molecule has 0 aliphatic carbocycles. The van der Waals surface area contributed by atoms with Crippen molar-refractivity contribution in [3.63, 3.8) is 0 Å².